The lowest BCUT2D eigenvalue weighted by Gasteiger charge is -2.30. The maximum absolute atomic E-state index is 12.2. The van der Waals surface area contributed by atoms with E-state index in [-0.39, 0.29) is 11.0 Å². The van der Waals surface area contributed by atoms with Gasteiger partial charge in [0.25, 0.3) is 0 Å². The summed E-state index contributed by atoms with van der Waals surface area (Å²) in [5.74, 6) is 0. The van der Waals surface area contributed by atoms with E-state index < -0.39 is 0 Å². The fourth-order valence-electron chi connectivity index (χ4n) is 5.13. The number of aromatic nitrogens is 2. The van der Waals surface area contributed by atoms with Crippen LogP contribution in [0.1, 0.15) is 74.4 Å². The Morgan fingerprint density at radius 1 is 1.20 bits per heavy atom. The molecule has 2 aliphatic rings. The molecule has 2 aromatic rings. The molecule has 0 amide bonds. The predicted molar refractivity (Wildman–Crippen MR) is 120 cm³/mol. The van der Waals surface area contributed by atoms with Gasteiger partial charge in [0.1, 0.15) is 0 Å². The van der Waals surface area contributed by atoms with Crippen molar-refractivity contribution in [1.29, 1.82) is 0 Å². The topological polar surface area (TPSA) is 82.5 Å². The van der Waals surface area contributed by atoms with Gasteiger partial charge in [0, 0.05) is 28.9 Å². The number of fused-ring (bicyclic) bond motifs is 1. The lowest BCUT2D eigenvalue weighted by molar-refractivity contribution is 0.472. The highest BCUT2D eigenvalue weighted by molar-refractivity contribution is 5.84. The summed E-state index contributed by atoms with van der Waals surface area (Å²) in [6.07, 6.45) is 11.8. The lowest BCUT2D eigenvalue weighted by Crippen LogP contribution is -2.25. The summed E-state index contributed by atoms with van der Waals surface area (Å²) in [6.45, 7) is 6.64. The second kappa shape index (κ2) is 8.54. The van der Waals surface area contributed by atoms with Gasteiger partial charge in [0.05, 0.1) is 18.4 Å². The van der Waals surface area contributed by atoms with Crippen molar-refractivity contribution < 1.29 is 0 Å². The van der Waals surface area contributed by atoms with E-state index in [1.807, 2.05) is 6.07 Å². The number of hydrogen-bond donors (Lipinski definition) is 2. The maximum Gasteiger partial charge on any atom is 0.248 e. The molecule has 0 spiro atoms. The Bertz CT molecular complexity index is 1030. The highest BCUT2D eigenvalue weighted by atomic mass is 16.1. The number of hydrogen-bond acceptors (Lipinski definition) is 4. The summed E-state index contributed by atoms with van der Waals surface area (Å²) in [4.78, 5) is 20.3. The van der Waals surface area contributed by atoms with E-state index in [0.717, 1.165) is 60.9 Å². The van der Waals surface area contributed by atoms with Crippen LogP contribution < -0.4 is 11.0 Å². The largest absolute Gasteiger partial charge is 0.329 e. The van der Waals surface area contributed by atoms with Crippen LogP contribution >= 0.6 is 0 Å². The average Bonchev–Trinajstić information content (AvgIpc) is 3.05. The molecule has 0 unspecified atom stereocenters. The normalized spacial score (nSPS) is 18.2. The van der Waals surface area contributed by atoms with E-state index >= 15 is 0 Å². The van der Waals surface area contributed by atoms with Gasteiger partial charge in [-0.25, -0.2) is 0 Å². The minimum atomic E-state index is -0.0990. The minimum Gasteiger partial charge on any atom is -0.329 e. The molecule has 2 aromatic heterocycles. The van der Waals surface area contributed by atoms with Gasteiger partial charge in [-0.05, 0) is 61.3 Å². The first kappa shape index (κ1) is 20.5. The molecule has 0 bridgehead atoms. The molecule has 6 heteroatoms. The van der Waals surface area contributed by atoms with Gasteiger partial charge >= 0.3 is 0 Å². The zero-order valence-electron chi connectivity index (χ0n) is 18.1. The molecule has 1 fully saturated rings. The van der Waals surface area contributed by atoms with Crippen molar-refractivity contribution in [1.82, 2.24) is 15.4 Å². The van der Waals surface area contributed by atoms with Gasteiger partial charge in [0.15, 0.2) is 0 Å². The van der Waals surface area contributed by atoms with Crippen molar-refractivity contribution in [3.05, 3.63) is 57.8 Å². The van der Waals surface area contributed by atoms with Crippen LogP contribution in [0.5, 0.6) is 0 Å². The van der Waals surface area contributed by atoms with E-state index in [1.54, 1.807) is 19.3 Å². The Labute approximate surface area is 177 Å². The monoisotopic (exact) mass is 405 g/mol. The van der Waals surface area contributed by atoms with Gasteiger partial charge in [-0.3, -0.25) is 15.2 Å². The third-order valence-corrected chi connectivity index (χ3v) is 6.65. The molecule has 0 saturated heterocycles. The molecule has 2 N–H and O–H groups in total. The summed E-state index contributed by atoms with van der Waals surface area (Å²) in [7, 11) is 1.63. The highest BCUT2D eigenvalue weighted by Gasteiger charge is 2.37. The van der Waals surface area contributed by atoms with Gasteiger partial charge in [-0.1, -0.05) is 38.0 Å². The van der Waals surface area contributed by atoms with Crippen molar-refractivity contribution in [2.45, 2.75) is 70.1 Å². The van der Waals surface area contributed by atoms with E-state index in [1.165, 1.54) is 30.5 Å². The van der Waals surface area contributed by atoms with Crippen molar-refractivity contribution in [3.63, 3.8) is 0 Å². The molecular formula is C24H31N5O. The Kier molecular flexibility index (Phi) is 5.84. The number of pyridine rings is 2. The molecule has 2 heterocycles. The van der Waals surface area contributed by atoms with Crippen molar-refractivity contribution in [2.24, 2.45) is 10.3 Å². The molecule has 6 nitrogen and oxygen atoms in total. The number of nitrogens with one attached hydrogen (secondary N) is 2. The fraction of sp³-hybridized carbons (Fsp3) is 0.500. The standard InChI is InChI=1S/C24H31N5O/c1-16(28-29-25-3)21-22(17-11-14-26-20(30)15-17)18-9-5-4-6-10-19(18)27-23(21)24(2)12-7-8-13-24/h11,14-15H,1,4-10,12-13H2,2-3H3,(H,25,28)(H,26,30). The predicted octanol–water partition coefficient (Wildman–Crippen LogP) is 5.09. The first-order valence-electron chi connectivity index (χ1n) is 11.0. The van der Waals surface area contributed by atoms with Gasteiger partial charge in [0.2, 0.25) is 5.56 Å². The summed E-state index contributed by atoms with van der Waals surface area (Å²) in [5, 5.41) is 7.84. The maximum atomic E-state index is 12.2. The molecule has 4 rings (SSSR count). The number of aromatic amines is 1. The summed E-state index contributed by atoms with van der Waals surface area (Å²) in [6, 6.07) is 3.68. The number of rotatable bonds is 5. The van der Waals surface area contributed by atoms with Crippen molar-refractivity contribution in [2.75, 3.05) is 7.05 Å². The molecule has 30 heavy (non-hydrogen) atoms. The van der Waals surface area contributed by atoms with Crippen molar-refractivity contribution >= 4 is 5.70 Å². The molecule has 1 saturated carbocycles. The van der Waals surface area contributed by atoms with Crippen LogP contribution in [0, 0.1) is 0 Å². The highest BCUT2D eigenvalue weighted by Crippen LogP contribution is 2.46. The molecule has 0 aromatic carbocycles. The lowest BCUT2D eigenvalue weighted by atomic mass is 9.78. The quantitative estimate of drug-likeness (QED) is 0.413. The van der Waals surface area contributed by atoms with Crippen LogP contribution in [0.15, 0.2) is 40.0 Å². The van der Waals surface area contributed by atoms with Crippen LogP contribution in [-0.2, 0) is 18.3 Å². The van der Waals surface area contributed by atoms with Crippen LogP contribution in [0.2, 0.25) is 0 Å². The second-order valence-corrected chi connectivity index (χ2v) is 8.80. The van der Waals surface area contributed by atoms with E-state index in [4.69, 9.17) is 4.98 Å². The van der Waals surface area contributed by atoms with Crippen LogP contribution in [-0.4, -0.2) is 17.0 Å². The van der Waals surface area contributed by atoms with Crippen LogP contribution in [0.25, 0.3) is 16.8 Å². The Morgan fingerprint density at radius 3 is 2.70 bits per heavy atom. The SMILES string of the molecule is C=C(NN=NC)c1c(C2(C)CCCC2)nc2c(c1-c1cc[nH]c(=O)c1)CCCCC2. The number of nitrogens with zero attached hydrogens (tertiary/aromatic N) is 3. The molecule has 158 valence electrons. The van der Waals surface area contributed by atoms with E-state index in [0.29, 0.717) is 5.70 Å². The Morgan fingerprint density at radius 2 is 1.97 bits per heavy atom. The smallest absolute Gasteiger partial charge is 0.248 e. The summed E-state index contributed by atoms with van der Waals surface area (Å²) >= 11 is 0. The Balaban J connectivity index is 2.05. The molecule has 0 aliphatic heterocycles. The molecule has 0 atom stereocenters. The van der Waals surface area contributed by atoms with Gasteiger partial charge in [-0.2, -0.15) is 5.11 Å². The van der Waals surface area contributed by atoms with Gasteiger partial charge < -0.3 is 4.98 Å². The summed E-state index contributed by atoms with van der Waals surface area (Å²) < 4.78 is 0. The minimum absolute atomic E-state index is 0.000590. The zero-order chi connectivity index (χ0) is 21.1. The molecule has 2 aliphatic carbocycles. The average molecular weight is 406 g/mol. The van der Waals surface area contributed by atoms with Gasteiger partial charge in [-0.15, -0.1) is 0 Å². The third-order valence-electron chi connectivity index (χ3n) is 6.65. The fourth-order valence-corrected chi connectivity index (χ4v) is 5.13. The van der Waals surface area contributed by atoms with Crippen LogP contribution in [0.4, 0.5) is 0 Å². The van der Waals surface area contributed by atoms with E-state index in [2.05, 4.69) is 34.2 Å². The van der Waals surface area contributed by atoms with Crippen molar-refractivity contribution in [3.8, 4) is 11.1 Å². The van der Waals surface area contributed by atoms with Crippen LogP contribution in [0.3, 0.4) is 0 Å². The molecular weight excluding hydrogens is 374 g/mol. The second-order valence-electron chi connectivity index (χ2n) is 8.80. The third kappa shape index (κ3) is 3.83. The molecule has 0 radical (unpaired) electrons. The number of aryl methyl sites for hydroxylation is 1. The zero-order valence-corrected chi connectivity index (χ0v) is 18.1. The van der Waals surface area contributed by atoms with E-state index in [9.17, 15) is 4.79 Å². The Hall–Kier alpha value is -2.76. The summed E-state index contributed by atoms with van der Waals surface area (Å²) in [5.41, 5.74) is 10.2. The first-order valence-corrected chi connectivity index (χ1v) is 11.0. The number of H-pyrrole nitrogens is 1. The first-order chi connectivity index (χ1) is 14.5.